The molecule has 0 bridgehead atoms. The lowest BCUT2D eigenvalue weighted by atomic mass is 9.88. The Labute approximate surface area is 111 Å². The van der Waals surface area contributed by atoms with Crippen LogP contribution in [-0.2, 0) is 0 Å². The molecule has 0 heterocycles. The van der Waals surface area contributed by atoms with E-state index in [1.54, 1.807) is 0 Å². The average molecular weight is 299 g/mol. The zero-order valence-corrected chi connectivity index (χ0v) is 11.7. The SMILES string of the molecule is Cc1c(Br)cccc1OC1CCC(CO)CC1. The first kappa shape index (κ1) is 12.9. The van der Waals surface area contributed by atoms with Crippen LogP contribution in [0, 0.1) is 12.8 Å². The van der Waals surface area contributed by atoms with Gasteiger partial charge in [-0.1, -0.05) is 22.0 Å². The summed E-state index contributed by atoms with van der Waals surface area (Å²) in [5.41, 5.74) is 1.16. The number of aliphatic hydroxyl groups excluding tert-OH is 1. The molecule has 1 N–H and O–H groups in total. The van der Waals surface area contributed by atoms with Crippen LogP contribution in [0.5, 0.6) is 5.75 Å². The standard InChI is InChI=1S/C14H19BrO2/c1-10-13(15)3-2-4-14(10)17-12-7-5-11(9-16)6-8-12/h2-4,11-12,16H,5-9H2,1H3. The van der Waals surface area contributed by atoms with Gasteiger partial charge in [-0.25, -0.2) is 0 Å². The predicted molar refractivity (Wildman–Crippen MR) is 72.3 cm³/mol. The molecule has 0 unspecified atom stereocenters. The summed E-state index contributed by atoms with van der Waals surface area (Å²) in [7, 11) is 0. The molecule has 1 aliphatic carbocycles. The average Bonchev–Trinajstić information content (AvgIpc) is 2.36. The zero-order valence-electron chi connectivity index (χ0n) is 10.2. The summed E-state index contributed by atoms with van der Waals surface area (Å²) in [6, 6.07) is 6.06. The molecule has 0 spiro atoms. The lowest BCUT2D eigenvalue weighted by molar-refractivity contribution is 0.103. The van der Waals surface area contributed by atoms with Gasteiger partial charge in [0.25, 0.3) is 0 Å². The fraction of sp³-hybridized carbons (Fsp3) is 0.571. The molecule has 0 amide bonds. The smallest absolute Gasteiger partial charge is 0.123 e. The third kappa shape index (κ3) is 3.23. The number of hydrogen-bond donors (Lipinski definition) is 1. The van der Waals surface area contributed by atoms with Gasteiger partial charge in [0.2, 0.25) is 0 Å². The summed E-state index contributed by atoms with van der Waals surface area (Å²) >= 11 is 3.52. The van der Waals surface area contributed by atoms with Gasteiger partial charge in [-0.3, -0.25) is 0 Å². The third-order valence-electron chi connectivity index (χ3n) is 3.56. The Bertz CT molecular complexity index is 370. The zero-order chi connectivity index (χ0) is 12.3. The van der Waals surface area contributed by atoms with Crippen molar-refractivity contribution in [3.8, 4) is 5.75 Å². The Balaban J connectivity index is 1.95. The molecule has 0 aliphatic heterocycles. The normalized spacial score (nSPS) is 24.6. The lowest BCUT2D eigenvalue weighted by Gasteiger charge is -2.28. The molecule has 0 aromatic heterocycles. The maximum Gasteiger partial charge on any atom is 0.123 e. The lowest BCUT2D eigenvalue weighted by Crippen LogP contribution is -2.25. The van der Waals surface area contributed by atoms with Crippen molar-refractivity contribution in [1.29, 1.82) is 0 Å². The van der Waals surface area contributed by atoms with Crippen molar-refractivity contribution < 1.29 is 9.84 Å². The highest BCUT2D eigenvalue weighted by atomic mass is 79.9. The number of aliphatic hydroxyl groups is 1. The third-order valence-corrected chi connectivity index (χ3v) is 4.42. The van der Waals surface area contributed by atoms with E-state index in [-0.39, 0.29) is 0 Å². The van der Waals surface area contributed by atoms with Gasteiger partial charge in [0.1, 0.15) is 5.75 Å². The first-order valence-electron chi connectivity index (χ1n) is 6.23. The highest BCUT2D eigenvalue weighted by molar-refractivity contribution is 9.10. The van der Waals surface area contributed by atoms with Crippen LogP contribution in [0.1, 0.15) is 31.2 Å². The maximum atomic E-state index is 9.10. The molecule has 2 rings (SSSR count). The van der Waals surface area contributed by atoms with Crippen LogP contribution in [0.25, 0.3) is 0 Å². The van der Waals surface area contributed by atoms with Crippen molar-refractivity contribution in [2.45, 2.75) is 38.7 Å². The van der Waals surface area contributed by atoms with Crippen LogP contribution in [0.2, 0.25) is 0 Å². The second-order valence-corrected chi connectivity index (χ2v) is 5.66. The summed E-state index contributed by atoms with van der Waals surface area (Å²) in [6.07, 6.45) is 4.57. The van der Waals surface area contributed by atoms with Crippen molar-refractivity contribution in [1.82, 2.24) is 0 Å². The Hall–Kier alpha value is -0.540. The van der Waals surface area contributed by atoms with Gasteiger partial charge in [-0.2, -0.15) is 0 Å². The van der Waals surface area contributed by atoms with Gasteiger partial charge in [0.15, 0.2) is 0 Å². The van der Waals surface area contributed by atoms with Crippen molar-refractivity contribution in [2.24, 2.45) is 5.92 Å². The van der Waals surface area contributed by atoms with Crippen molar-refractivity contribution in [2.75, 3.05) is 6.61 Å². The first-order chi connectivity index (χ1) is 8.20. The first-order valence-corrected chi connectivity index (χ1v) is 7.02. The van der Waals surface area contributed by atoms with E-state index in [2.05, 4.69) is 22.9 Å². The maximum absolute atomic E-state index is 9.10. The Morgan fingerprint density at radius 1 is 1.29 bits per heavy atom. The van der Waals surface area contributed by atoms with Gasteiger partial charge >= 0.3 is 0 Å². The molecule has 94 valence electrons. The monoisotopic (exact) mass is 298 g/mol. The molecule has 1 aromatic rings. The van der Waals surface area contributed by atoms with E-state index in [1.807, 2.05) is 18.2 Å². The van der Waals surface area contributed by atoms with Gasteiger partial charge in [0, 0.05) is 16.6 Å². The second kappa shape index (κ2) is 5.87. The van der Waals surface area contributed by atoms with E-state index in [9.17, 15) is 0 Å². The molecule has 3 heteroatoms. The summed E-state index contributed by atoms with van der Waals surface area (Å²) in [5.74, 6) is 1.46. The molecular formula is C14H19BrO2. The minimum absolute atomic E-state index is 0.311. The van der Waals surface area contributed by atoms with Gasteiger partial charge in [0.05, 0.1) is 6.10 Å². The molecule has 1 fully saturated rings. The highest BCUT2D eigenvalue weighted by Crippen LogP contribution is 2.31. The van der Waals surface area contributed by atoms with Crippen molar-refractivity contribution in [3.63, 3.8) is 0 Å². The molecule has 2 nitrogen and oxygen atoms in total. The van der Waals surface area contributed by atoms with Crippen LogP contribution in [0.4, 0.5) is 0 Å². The minimum Gasteiger partial charge on any atom is -0.490 e. The van der Waals surface area contributed by atoms with Gasteiger partial charge in [-0.15, -0.1) is 0 Å². The second-order valence-electron chi connectivity index (χ2n) is 4.81. The molecule has 0 radical (unpaired) electrons. The highest BCUT2D eigenvalue weighted by Gasteiger charge is 2.22. The molecule has 1 aromatic carbocycles. The topological polar surface area (TPSA) is 29.5 Å². The number of benzene rings is 1. The van der Waals surface area contributed by atoms with E-state index < -0.39 is 0 Å². The molecule has 1 saturated carbocycles. The molecular weight excluding hydrogens is 280 g/mol. The molecule has 17 heavy (non-hydrogen) atoms. The van der Waals surface area contributed by atoms with Gasteiger partial charge in [-0.05, 0) is 50.7 Å². The van der Waals surface area contributed by atoms with Crippen LogP contribution in [0.15, 0.2) is 22.7 Å². The summed E-state index contributed by atoms with van der Waals surface area (Å²) in [5, 5.41) is 9.10. The van der Waals surface area contributed by atoms with E-state index in [4.69, 9.17) is 9.84 Å². The Kier molecular flexibility index (Phi) is 4.46. The fourth-order valence-electron chi connectivity index (χ4n) is 2.33. The van der Waals surface area contributed by atoms with Crippen LogP contribution < -0.4 is 4.74 Å². The van der Waals surface area contributed by atoms with E-state index in [1.165, 1.54) is 0 Å². The number of halogens is 1. The summed E-state index contributed by atoms with van der Waals surface area (Å²) in [6.45, 7) is 2.39. The molecule has 0 atom stereocenters. The molecule has 1 aliphatic rings. The van der Waals surface area contributed by atoms with E-state index in [0.717, 1.165) is 41.5 Å². The van der Waals surface area contributed by atoms with Crippen LogP contribution >= 0.6 is 15.9 Å². The minimum atomic E-state index is 0.311. The predicted octanol–water partition coefficient (Wildman–Crippen LogP) is 3.69. The number of ether oxygens (including phenoxy) is 1. The largest absolute Gasteiger partial charge is 0.490 e. The summed E-state index contributed by atoms with van der Waals surface area (Å²) < 4.78 is 7.14. The van der Waals surface area contributed by atoms with Crippen LogP contribution in [0.3, 0.4) is 0 Å². The Morgan fingerprint density at radius 3 is 2.65 bits per heavy atom. The number of hydrogen-bond acceptors (Lipinski definition) is 2. The van der Waals surface area contributed by atoms with Gasteiger partial charge < -0.3 is 9.84 Å². The Morgan fingerprint density at radius 2 is 2.00 bits per heavy atom. The fourth-order valence-corrected chi connectivity index (χ4v) is 2.68. The van der Waals surface area contributed by atoms with E-state index >= 15 is 0 Å². The quantitative estimate of drug-likeness (QED) is 0.922. The summed E-state index contributed by atoms with van der Waals surface area (Å²) in [4.78, 5) is 0. The van der Waals surface area contributed by atoms with E-state index in [0.29, 0.717) is 18.6 Å². The van der Waals surface area contributed by atoms with Crippen LogP contribution in [-0.4, -0.2) is 17.8 Å². The van der Waals surface area contributed by atoms with Crippen molar-refractivity contribution >= 4 is 15.9 Å². The number of rotatable bonds is 3. The molecule has 0 saturated heterocycles. The van der Waals surface area contributed by atoms with Crippen molar-refractivity contribution in [3.05, 3.63) is 28.2 Å².